The second-order valence-electron chi connectivity index (χ2n) is 2.29. The summed E-state index contributed by atoms with van der Waals surface area (Å²) in [6.45, 7) is 0. The van der Waals surface area contributed by atoms with E-state index in [2.05, 4.69) is 57.8 Å². The zero-order valence-corrected chi connectivity index (χ0v) is 10.5. The van der Waals surface area contributed by atoms with E-state index in [0.29, 0.717) is 0 Å². The molecule has 0 radical (unpaired) electrons. The number of fused-ring (bicyclic) bond motifs is 1. The van der Waals surface area contributed by atoms with Crippen molar-refractivity contribution in [1.82, 2.24) is 9.97 Å². The summed E-state index contributed by atoms with van der Waals surface area (Å²) in [7, 11) is 0. The van der Waals surface area contributed by atoms with Crippen LogP contribution in [0.5, 0.6) is 0 Å². The Morgan fingerprint density at radius 2 is 1.92 bits per heavy atom. The average Bonchev–Trinajstić information content (AvgIpc) is 2.48. The van der Waals surface area contributed by atoms with Crippen molar-refractivity contribution in [2.24, 2.45) is 0 Å². The summed E-state index contributed by atoms with van der Waals surface area (Å²) in [4.78, 5) is 7.20. The predicted octanol–water partition coefficient (Wildman–Crippen LogP) is 3.85. The van der Waals surface area contributed by atoms with Gasteiger partial charge in [0.15, 0.2) is 0 Å². The van der Waals surface area contributed by atoms with Crippen molar-refractivity contribution < 1.29 is 0 Å². The van der Waals surface area contributed by atoms with Gasteiger partial charge in [0, 0.05) is 8.95 Å². The van der Waals surface area contributed by atoms with Crippen LogP contribution < -0.4 is 0 Å². The molecule has 0 unspecified atom stereocenters. The normalized spacial score (nSPS) is 10.9. The lowest BCUT2D eigenvalue weighted by Gasteiger charge is -1.99. The molecule has 0 aliphatic heterocycles. The van der Waals surface area contributed by atoms with Crippen molar-refractivity contribution in [3.8, 4) is 0 Å². The summed E-state index contributed by atoms with van der Waals surface area (Å²) in [5.41, 5.74) is 1.95. The molecule has 0 saturated carbocycles. The van der Waals surface area contributed by atoms with Gasteiger partial charge in [-0.15, -0.1) is 0 Å². The summed E-state index contributed by atoms with van der Waals surface area (Å²) >= 11 is 10.3. The molecule has 62 valence electrons. The maximum atomic E-state index is 4.17. The Hall–Kier alpha value is 0.130. The fourth-order valence-corrected chi connectivity index (χ4v) is 2.51. The zero-order valence-electron chi connectivity index (χ0n) is 5.74. The number of nitrogens with one attached hydrogen (secondary N) is 1. The van der Waals surface area contributed by atoms with E-state index in [-0.39, 0.29) is 0 Å². The molecule has 0 aliphatic carbocycles. The minimum atomic E-state index is 0.935. The topological polar surface area (TPSA) is 28.7 Å². The molecule has 1 heterocycles. The number of hydrogen-bond acceptors (Lipinski definition) is 1. The Morgan fingerprint density at radius 1 is 1.17 bits per heavy atom. The molecule has 0 saturated heterocycles. The van der Waals surface area contributed by atoms with Gasteiger partial charge in [-0.2, -0.15) is 0 Å². The number of halogens is 3. The van der Waals surface area contributed by atoms with E-state index >= 15 is 0 Å². The smallest absolute Gasteiger partial charge is 0.104 e. The van der Waals surface area contributed by atoms with E-state index in [0.717, 1.165) is 24.5 Å². The first-order valence-electron chi connectivity index (χ1n) is 3.16. The van der Waals surface area contributed by atoms with Crippen LogP contribution in [0.1, 0.15) is 0 Å². The second kappa shape index (κ2) is 3.12. The van der Waals surface area contributed by atoms with Gasteiger partial charge >= 0.3 is 0 Å². The fraction of sp³-hybridized carbons (Fsp3) is 0. The van der Waals surface area contributed by atoms with Gasteiger partial charge in [0.05, 0.1) is 16.3 Å². The standard InChI is InChI=1S/C7H3Br3N2/c8-3-1-4-7(12-2-11-4)6(10)5(3)9/h1-2H,(H,11,12). The van der Waals surface area contributed by atoms with Crippen LogP contribution in [0.25, 0.3) is 11.0 Å². The zero-order chi connectivity index (χ0) is 8.72. The van der Waals surface area contributed by atoms with Crippen LogP contribution in [-0.4, -0.2) is 9.97 Å². The number of hydrogen-bond donors (Lipinski definition) is 1. The highest BCUT2D eigenvalue weighted by Gasteiger charge is 2.08. The maximum absolute atomic E-state index is 4.17. The number of rotatable bonds is 0. The number of nitrogens with zero attached hydrogens (tertiary/aromatic N) is 1. The molecule has 2 nitrogen and oxygen atoms in total. The van der Waals surface area contributed by atoms with E-state index < -0.39 is 0 Å². The highest BCUT2D eigenvalue weighted by Crippen LogP contribution is 2.35. The molecule has 2 aromatic rings. The molecule has 0 bridgehead atoms. The lowest BCUT2D eigenvalue weighted by molar-refractivity contribution is 1.34. The fourth-order valence-electron chi connectivity index (χ4n) is 0.988. The van der Waals surface area contributed by atoms with Crippen LogP contribution in [0.3, 0.4) is 0 Å². The average molecular weight is 355 g/mol. The predicted molar refractivity (Wildman–Crippen MR) is 59.2 cm³/mol. The van der Waals surface area contributed by atoms with Crippen LogP contribution in [0.2, 0.25) is 0 Å². The quantitative estimate of drug-likeness (QED) is 0.715. The van der Waals surface area contributed by atoms with Gasteiger partial charge < -0.3 is 4.98 Å². The third-order valence-electron chi connectivity index (χ3n) is 1.55. The Bertz CT molecular complexity index is 435. The number of imidazole rings is 1. The van der Waals surface area contributed by atoms with Gasteiger partial charge in [-0.1, -0.05) is 0 Å². The molecule has 12 heavy (non-hydrogen) atoms. The number of aromatic nitrogens is 2. The summed E-state index contributed by atoms with van der Waals surface area (Å²) in [6, 6.07) is 1.98. The van der Waals surface area contributed by atoms with Crippen LogP contribution in [0.4, 0.5) is 0 Å². The minimum Gasteiger partial charge on any atom is -0.345 e. The van der Waals surface area contributed by atoms with Crippen LogP contribution in [-0.2, 0) is 0 Å². The molecule has 0 aliphatic rings. The van der Waals surface area contributed by atoms with Crippen molar-refractivity contribution in [3.63, 3.8) is 0 Å². The molecule has 0 fully saturated rings. The monoisotopic (exact) mass is 352 g/mol. The van der Waals surface area contributed by atoms with Gasteiger partial charge in [-0.25, -0.2) is 4.98 Å². The van der Waals surface area contributed by atoms with Gasteiger partial charge in [-0.05, 0) is 53.9 Å². The van der Waals surface area contributed by atoms with Crippen molar-refractivity contribution in [1.29, 1.82) is 0 Å². The van der Waals surface area contributed by atoms with Crippen molar-refractivity contribution in [3.05, 3.63) is 25.8 Å². The van der Waals surface area contributed by atoms with Crippen molar-refractivity contribution in [2.75, 3.05) is 0 Å². The Balaban J connectivity index is 2.94. The highest BCUT2D eigenvalue weighted by molar-refractivity contribution is 9.14. The molecule has 5 heteroatoms. The number of aromatic amines is 1. The molecule has 1 aromatic heterocycles. The van der Waals surface area contributed by atoms with Crippen LogP contribution in [0, 0.1) is 0 Å². The first-order chi connectivity index (χ1) is 5.70. The first kappa shape index (κ1) is 8.72. The van der Waals surface area contributed by atoms with E-state index in [9.17, 15) is 0 Å². The molecular formula is C7H3Br3N2. The van der Waals surface area contributed by atoms with Gasteiger partial charge in [0.1, 0.15) is 5.52 Å². The summed E-state index contributed by atoms with van der Waals surface area (Å²) < 4.78 is 2.96. The largest absolute Gasteiger partial charge is 0.345 e. The maximum Gasteiger partial charge on any atom is 0.104 e. The van der Waals surface area contributed by atoms with Crippen LogP contribution in [0.15, 0.2) is 25.8 Å². The van der Waals surface area contributed by atoms with Crippen molar-refractivity contribution >= 4 is 58.8 Å². The Morgan fingerprint density at radius 3 is 2.67 bits per heavy atom. The summed E-state index contributed by atoms with van der Waals surface area (Å²) in [6.07, 6.45) is 1.67. The lowest BCUT2D eigenvalue weighted by atomic mass is 10.3. The third-order valence-corrected chi connectivity index (χ3v) is 4.84. The highest BCUT2D eigenvalue weighted by atomic mass is 79.9. The van der Waals surface area contributed by atoms with Crippen molar-refractivity contribution in [2.45, 2.75) is 0 Å². The minimum absolute atomic E-state index is 0.935. The third kappa shape index (κ3) is 1.24. The molecule has 2 rings (SSSR count). The molecular weight excluding hydrogens is 352 g/mol. The molecule has 0 atom stereocenters. The van der Waals surface area contributed by atoms with E-state index in [1.54, 1.807) is 6.33 Å². The number of benzene rings is 1. The van der Waals surface area contributed by atoms with E-state index in [1.165, 1.54) is 0 Å². The molecule has 1 N–H and O–H groups in total. The SMILES string of the molecule is Brc1cc2[nH]cnc2c(Br)c1Br. The summed E-state index contributed by atoms with van der Waals surface area (Å²) in [5, 5.41) is 0. The first-order valence-corrected chi connectivity index (χ1v) is 5.54. The summed E-state index contributed by atoms with van der Waals surface area (Å²) in [5.74, 6) is 0. The lowest BCUT2D eigenvalue weighted by Crippen LogP contribution is -1.76. The van der Waals surface area contributed by atoms with Crippen LogP contribution >= 0.6 is 47.8 Å². The van der Waals surface area contributed by atoms with E-state index in [4.69, 9.17) is 0 Å². The second-order valence-corrected chi connectivity index (χ2v) is 4.73. The molecule has 0 amide bonds. The van der Waals surface area contributed by atoms with Gasteiger partial charge in [0.2, 0.25) is 0 Å². The van der Waals surface area contributed by atoms with Gasteiger partial charge in [0.25, 0.3) is 0 Å². The van der Waals surface area contributed by atoms with Gasteiger partial charge in [-0.3, -0.25) is 0 Å². The Kier molecular flexibility index (Phi) is 2.27. The molecule has 0 spiro atoms. The van der Waals surface area contributed by atoms with E-state index in [1.807, 2.05) is 6.07 Å². The molecule has 1 aromatic carbocycles. The number of H-pyrrole nitrogens is 1. The Labute approximate surface area is 94.1 Å².